The fourth-order valence-corrected chi connectivity index (χ4v) is 2.24. The second-order valence-electron chi connectivity index (χ2n) is 4.79. The van der Waals surface area contributed by atoms with Gasteiger partial charge in [0.05, 0.1) is 11.5 Å². The van der Waals surface area contributed by atoms with Gasteiger partial charge in [-0.3, -0.25) is 4.79 Å². The molecule has 0 aliphatic carbocycles. The van der Waals surface area contributed by atoms with E-state index in [2.05, 4.69) is 10.5 Å². The van der Waals surface area contributed by atoms with Gasteiger partial charge >= 0.3 is 13.1 Å². The molecule has 1 heterocycles. The Morgan fingerprint density at radius 3 is 2.82 bits per heavy atom. The van der Waals surface area contributed by atoms with Crippen LogP contribution in [0.25, 0.3) is 0 Å². The molecule has 1 amide bonds. The van der Waals surface area contributed by atoms with Crippen LogP contribution < -0.4 is 9.97 Å². The molecule has 1 aromatic carbocycles. The molecule has 0 aromatic heterocycles. The number of nitrogens with one attached hydrogen (secondary N) is 1. The standard InChI is InChI=1S/C13H15BN2O6/c1-2-9(16-21)12(17)15-10-6-7-4-3-5-8(13(18)19)11(7)22-14(10)20/h3-5,10,20-21H,2,6H2,1H3,(H,15,17)(H,18,19)/b16-9-. The number of benzene rings is 1. The number of fused-ring (bicyclic) bond motifs is 1. The number of rotatable bonds is 4. The summed E-state index contributed by atoms with van der Waals surface area (Å²) in [6, 6.07) is 4.60. The number of amides is 1. The van der Waals surface area contributed by atoms with Crippen molar-refractivity contribution >= 4 is 24.7 Å². The number of hydrogen-bond acceptors (Lipinski definition) is 6. The molecule has 0 radical (unpaired) electrons. The highest BCUT2D eigenvalue weighted by Crippen LogP contribution is 2.30. The number of nitrogens with zero attached hydrogens (tertiary/aromatic N) is 1. The first-order valence-corrected chi connectivity index (χ1v) is 6.69. The summed E-state index contributed by atoms with van der Waals surface area (Å²) in [5.74, 6) is -2.45. The largest absolute Gasteiger partial charge is 0.547 e. The number of para-hydroxylation sites is 1. The highest BCUT2D eigenvalue weighted by molar-refractivity contribution is 6.48. The van der Waals surface area contributed by atoms with Gasteiger partial charge in [0.1, 0.15) is 11.5 Å². The molecular formula is C13H15BN2O6. The summed E-state index contributed by atoms with van der Waals surface area (Å²) in [6.45, 7) is 1.65. The van der Waals surface area contributed by atoms with Crippen molar-refractivity contribution in [1.29, 1.82) is 0 Å². The van der Waals surface area contributed by atoms with Crippen molar-refractivity contribution in [3.63, 3.8) is 0 Å². The number of carbonyl (C=O) groups is 2. The van der Waals surface area contributed by atoms with Gasteiger partial charge in [0.2, 0.25) is 0 Å². The number of aromatic carboxylic acids is 1. The van der Waals surface area contributed by atoms with Gasteiger partial charge in [-0.1, -0.05) is 24.2 Å². The van der Waals surface area contributed by atoms with Crippen LogP contribution in [0.1, 0.15) is 29.3 Å². The molecule has 22 heavy (non-hydrogen) atoms. The second-order valence-corrected chi connectivity index (χ2v) is 4.79. The Morgan fingerprint density at radius 2 is 2.23 bits per heavy atom. The Bertz CT molecular complexity index is 633. The molecule has 8 nitrogen and oxygen atoms in total. The maximum absolute atomic E-state index is 11.8. The SMILES string of the molecule is CC/C(=N/O)C(=O)NC1Cc2cccc(C(=O)O)c2OB1O. The van der Waals surface area contributed by atoms with Crippen molar-refractivity contribution in [2.75, 3.05) is 0 Å². The molecule has 1 aliphatic heterocycles. The van der Waals surface area contributed by atoms with Crippen LogP contribution in [-0.2, 0) is 11.2 Å². The summed E-state index contributed by atoms with van der Waals surface area (Å²) in [5, 5.41) is 33.2. The zero-order valence-corrected chi connectivity index (χ0v) is 11.8. The maximum atomic E-state index is 11.8. The van der Waals surface area contributed by atoms with E-state index in [0.29, 0.717) is 5.56 Å². The van der Waals surface area contributed by atoms with Crippen molar-refractivity contribution in [1.82, 2.24) is 5.32 Å². The fourth-order valence-electron chi connectivity index (χ4n) is 2.24. The number of carboxylic acid groups (broad SMARTS) is 1. The fraction of sp³-hybridized carbons (Fsp3) is 0.308. The summed E-state index contributed by atoms with van der Waals surface area (Å²) < 4.78 is 5.24. The normalized spacial score (nSPS) is 17.5. The van der Waals surface area contributed by atoms with Crippen LogP contribution in [0.5, 0.6) is 5.75 Å². The Balaban J connectivity index is 2.21. The predicted octanol–water partition coefficient (Wildman–Crippen LogP) is 0.0644. The highest BCUT2D eigenvalue weighted by atomic mass is 16.5. The van der Waals surface area contributed by atoms with Crippen molar-refractivity contribution in [3.8, 4) is 5.75 Å². The van der Waals surface area contributed by atoms with E-state index in [4.69, 9.17) is 15.0 Å². The molecule has 0 spiro atoms. The molecule has 1 unspecified atom stereocenters. The molecule has 2 rings (SSSR count). The number of carboxylic acids is 1. The summed E-state index contributed by atoms with van der Waals surface area (Å²) in [4.78, 5) is 23.0. The molecule has 0 saturated heterocycles. The molecule has 1 aromatic rings. The van der Waals surface area contributed by atoms with Crippen LogP contribution in [0, 0.1) is 0 Å². The Kier molecular flexibility index (Phi) is 4.67. The monoisotopic (exact) mass is 306 g/mol. The summed E-state index contributed by atoms with van der Waals surface area (Å²) >= 11 is 0. The highest BCUT2D eigenvalue weighted by Gasteiger charge is 2.38. The number of carbonyl (C=O) groups excluding carboxylic acids is 1. The molecule has 4 N–H and O–H groups in total. The molecule has 116 valence electrons. The lowest BCUT2D eigenvalue weighted by molar-refractivity contribution is -0.115. The van der Waals surface area contributed by atoms with E-state index in [1.54, 1.807) is 19.1 Å². The van der Waals surface area contributed by atoms with Crippen LogP contribution in [-0.4, -0.2) is 46.0 Å². The average Bonchev–Trinajstić information content (AvgIpc) is 2.48. The smallest absolute Gasteiger partial charge is 0.534 e. The minimum absolute atomic E-state index is 0.0486. The van der Waals surface area contributed by atoms with Gasteiger partial charge in [-0.2, -0.15) is 0 Å². The van der Waals surface area contributed by atoms with E-state index in [1.165, 1.54) is 6.07 Å². The first kappa shape index (κ1) is 15.8. The van der Waals surface area contributed by atoms with Gasteiger partial charge in [-0.15, -0.1) is 0 Å². The minimum Gasteiger partial charge on any atom is -0.534 e. The first-order chi connectivity index (χ1) is 10.5. The van der Waals surface area contributed by atoms with Gasteiger partial charge < -0.3 is 25.3 Å². The van der Waals surface area contributed by atoms with Gasteiger partial charge in [-0.05, 0) is 24.5 Å². The molecule has 0 fully saturated rings. The quantitative estimate of drug-likeness (QED) is 0.269. The summed E-state index contributed by atoms with van der Waals surface area (Å²) in [6.07, 6.45) is 0.428. The summed E-state index contributed by atoms with van der Waals surface area (Å²) in [7, 11) is -1.39. The van der Waals surface area contributed by atoms with E-state index in [-0.39, 0.29) is 29.9 Å². The molecular weight excluding hydrogens is 291 g/mol. The average molecular weight is 306 g/mol. The van der Waals surface area contributed by atoms with Gasteiger partial charge in [0.25, 0.3) is 5.91 Å². The van der Waals surface area contributed by atoms with Crippen LogP contribution in [0.3, 0.4) is 0 Å². The lowest BCUT2D eigenvalue weighted by Gasteiger charge is -2.28. The Hall–Kier alpha value is -2.55. The number of oxime groups is 1. The van der Waals surface area contributed by atoms with E-state index in [0.717, 1.165) is 0 Å². The molecule has 9 heteroatoms. The summed E-state index contributed by atoms with van der Waals surface area (Å²) in [5.41, 5.74) is 0.444. The Labute approximate surface area is 126 Å². The molecule has 1 aliphatic rings. The first-order valence-electron chi connectivity index (χ1n) is 6.69. The third-order valence-corrected chi connectivity index (χ3v) is 3.38. The second kappa shape index (κ2) is 6.48. The number of hydrogen-bond donors (Lipinski definition) is 4. The van der Waals surface area contributed by atoms with Crippen LogP contribution in [0.2, 0.25) is 0 Å². The third-order valence-electron chi connectivity index (χ3n) is 3.38. The molecule has 0 saturated carbocycles. The van der Waals surface area contributed by atoms with Crippen molar-refractivity contribution in [3.05, 3.63) is 29.3 Å². The lowest BCUT2D eigenvalue weighted by atomic mass is 9.72. The van der Waals surface area contributed by atoms with Crippen molar-refractivity contribution in [2.45, 2.75) is 25.7 Å². The van der Waals surface area contributed by atoms with E-state index < -0.39 is 24.9 Å². The van der Waals surface area contributed by atoms with Crippen LogP contribution in [0.15, 0.2) is 23.4 Å². The topological polar surface area (TPSA) is 128 Å². The van der Waals surface area contributed by atoms with Gasteiger partial charge in [-0.25, -0.2) is 4.79 Å². The van der Waals surface area contributed by atoms with E-state index in [9.17, 15) is 14.6 Å². The minimum atomic E-state index is -1.39. The van der Waals surface area contributed by atoms with E-state index >= 15 is 0 Å². The van der Waals surface area contributed by atoms with E-state index in [1.807, 2.05) is 0 Å². The van der Waals surface area contributed by atoms with Crippen molar-refractivity contribution in [2.24, 2.45) is 5.16 Å². The third kappa shape index (κ3) is 3.04. The van der Waals surface area contributed by atoms with Gasteiger partial charge in [0, 0.05) is 0 Å². The van der Waals surface area contributed by atoms with Crippen molar-refractivity contribution < 1.29 is 29.6 Å². The zero-order chi connectivity index (χ0) is 16.3. The molecule has 0 bridgehead atoms. The lowest BCUT2D eigenvalue weighted by Crippen LogP contribution is -2.54. The van der Waals surface area contributed by atoms with Gasteiger partial charge in [0.15, 0.2) is 0 Å². The predicted molar refractivity (Wildman–Crippen MR) is 77.1 cm³/mol. The molecule has 1 atom stereocenters. The zero-order valence-electron chi connectivity index (χ0n) is 11.8. The van der Waals surface area contributed by atoms with Crippen LogP contribution in [0.4, 0.5) is 0 Å². The Morgan fingerprint density at radius 1 is 1.50 bits per heavy atom. The maximum Gasteiger partial charge on any atom is 0.547 e. The van der Waals surface area contributed by atoms with Crippen LogP contribution >= 0.6 is 0 Å².